The zero-order valence-corrected chi connectivity index (χ0v) is 12.6. The Labute approximate surface area is 133 Å². The van der Waals surface area contributed by atoms with Gasteiger partial charge in [-0.2, -0.15) is 0 Å². The lowest BCUT2D eigenvalue weighted by Crippen LogP contribution is -2.47. The first-order chi connectivity index (χ1) is 11.1. The molecule has 0 aromatic heterocycles. The molecule has 1 atom stereocenters. The Morgan fingerprint density at radius 2 is 1.74 bits per heavy atom. The van der Waals surface area contributed by atoms with Crippen LogP contribution in [0, 0.1) is 11.6 Å². The second-order valence-corrected chi connectivity index (χ2v) is 5.79. The van der Waals surface area contributed by atoms with Gasteiger partial charge < -0.3 is 10.6 Å². The van der Waals surface area contributed by atoms with Gasteiger partial charge >= 0.3 is 0 Å². The lowest BCUT2D eigenvalue weighted by Gasteiger charge is -2.31. The van der Waals surface area contributed by atoms with Gasteiger partial charge in [-0.15, -0.1) is 0 Å². The Morgan fingerprint density at radius 1 is 1.09 bits per heavy atom. The Morgan fingerprint density at radius 3 is 2.43 bits per heavy atom. The monoisotopic (exact) mass is 316 g/mol. The van der Waals surface area contributed by atoms with Crippen LogP contribution < -0.4 is 5.73 Å². The number of rotatable bonds is 3. The van der Waals surface area contributed by atoms with Crippen molar-refractivity contribution in [2.75, 3.05) is 6.54 Å². The number of hydrogen-bond acceptors (Lipinski definition) is 2. The minimum absolute atomic E-state index is 0.0697. The summed E-state index contributed by atoms with van der Waals surface area (Å²) in [6.45, 7) is 0.426. The molecule has 1 amide bonds. The van der Waals surface area contributed by atoms with Crippen LogP contribution in [0.25, 0.3) is 0 Å². The van der Waals surface area contributed by atoms with Gasteiger partial charge in [-0.25, -0.2) is 8.78 Å². The molecule has 5 heteroatoms. The van der Waals surface area contributed by atoms with Gasteiger partial charge in [0, 0.05) is 18.7 Å². The van der Waals surface area contributed by atoms with E-state index in [0.29, 0.717) is 24.9 Å². The van der Waals surface area contributed by atoms with Crippen molar-refractivity contribution in [2.24, 2.45) is 5.73 Å². The van der Waals surface area contributed by atoms with Crippen LogP contribution in [0.15, 0.2) is 42.5 Å². The van der Waals surface area contributed by atoms with E-state index < -0.39 is 17.7 Å². The second-order valence-electron chi connectivity index (χ2n) is 5.79. The minimum Gasteiger partial charge on any atom is -0.337 e. The van der Waals surface area contributed by atoms with E-state index in [9.17, 15) is 13.6 Å². The summed E-state index contributed by atoms with van der Waals surface area (Å²) in [4.78, 5) is 14.0. The van der Waals surface area contributed by atoms with E-state index in [4.69, 9.17) is 5.73 Å². The first kappa shape index (κ1) is 15.6. The molecule has 0 unspecified atom stereocenters. The summed E-state index contributed by atoms with van der Waals surface area (Å²) in [7, 11) is 0. The summed E-state index contributed by atoms with van der Waals surface area (Å²) >= 11 is 0. The number of carbonyl (C=O) groups is 1. The molecule has 2 aromatic carbocycles. The van der Waals surface area contributed by atoms with Crippen molar-refractivity contribution in [3.8, 4) is 0 Å². The number of benzene rings is 2. The Hall–Kier alpha value is -2.27. The number of nitrogens with zero attached hydrogens (tertiary/aromatic N) is 1. The fraction of sp³-hybridized carbons (Fsp3) is 0.278. The molecule has 2 N–H and O–H groups in total. The molecule has 1 aliphatic heterocycles. The van der Waals surface area contributed by atoms with Crippen molar-refractivity contribution in [3.63, 3.8) is 0 Å². The van der Waals surface area contributed by atoms with Gasteiger partial charge in [0.25, 0.3) is 0 Å². The fourth-order valence-corrected chi connectivity index (χ4v) is 2.97. The first-order valence-electron chi connectivity index (χ1n) is 7.60. The van der Waals surface area contributed by atoms with E-state index in [-0.39, 0.29) is 18.0 Å². The number of fused-ring (bicyclic) bond motifs is 1. The van der Waals surface area contributed by atoms with Gasteiger partial charge in [0.05, 0.1) is 6.04 Å². The van der Waals surface area contributed by atoms with E-state index in [1.165, 1.54) is 4.90 Å². The molecule has 0 saturated heterocycles. The summed E-state index contributed by atoms with van der Waals surface area (Å²) in [5.41, 5.74) is 7.61. The maximum atomic E-state index is 13.9. The first-order valence-corrected chi connectivity index (χ1v) is 7.60. The van der Waals surface area contributed by atoms with Crippen molar-refractivity contribution in [2.45, 2.75) is 25.4 Å². The van der Waals surface area contributed by atoms with Gasteiger partial charge in [-0.05, 0) is 36.1 Å². The van der Waals surface area contributed by atoms with Crippen LogP contribution in [0.5, 0.6) is 0 Å². The molecule has 0 bridgehead atoms. The number of amides is 1. The molecular formula is C18H18F2N2O. The van der Waals surface area contributed by atoms with Crippen LogP contribution in [0.4, 0.5) is 8.78 Å². The summed E-state index contributed by atoms with van der Waals surface area (Å²) in [6.07, 6.45) is 0.734. The van der Waals surface area contributed by atoms with E-state index >= 15 is 0 Å². The topological polar surface area (TPSA) is 46.3 Å². The molecule has 3 rings (SSSR count). The predicted molar refractivity (Wildman–Crippen MR) is 83.6 cm³/mol. The SMILES string of the molecule is N[C@@H](Cc1ccccc1)C(=O)N1CCc2c(F)ccc(F)c2C1. The zero-order chi connectivity index (χ0) is 16.4. The molecule has 23 heavy (non-hydrogen) atoms. The highest BCUT2D eigenvalue weighted by Gasteiger charge is 2.28. The third kappa shape index (κ3) is 3.24. The number of hydrogen-bond donors (Lipinski definition) is 1. The van der Waals surface area contributed by atoms with Gasteiger partial charge in [-0.3, -0.25) is 4.79 Å². The van der Waals surface area contributed by atoms with Crippen LogP contribution in [0.3, 0.4) is 0 Å². The van der Waals surface area contributed by atoms with Gasteiger partial charge in [0.2, 0.25) is 5.91 Å². The highest BCUT2D eigenvalue weighted by Crippen LogP contribution is 2.24. The standard InChI is InChI=1S/C18H18F2N2O/c19-15-6-7-16(20)14-11-22(9-8-13(14)15)18(23)17(21)10-12-4-2-1-3-5-12/h1-7,17H,8-11,21H2/t17-/m0/s1. The third-order valence-corrected chi connectivity index (χ3v) is 4.22. The van der Waals surface area contributed by atoms with E-state index in [1.807, 2.05) is 30.3 Å². The van der Waals surface area contributed by atoms with Crippen molar-refractivity contribution >= 4 is 5.91 Å². The third-order valence-electron chi connectivity index (χ3n) is 4.22. The van der Waals surface area contributed by atoms with Crippen LogP contribution in [-0.4, -0.2) is 23.4 Å². The summed E-state index contributed by atoms with van der Waals surface area (Å²) in [5, 5.41) is 0. The number of halogens is 2. The molecule has 1 heterocycles. The lowest BCUT2D eigenvalue weighted by molar-refractivity contribution is -0.133. The summed E-state index contributed by atoms with van der Waals surface area (Å²) in [6, 6.07) is 11.1. The number of carbonyl (C=O) groups excluding carboxylic acids is 1. The zero-order valence-electron chi connectivity index (χ0n) is 12.6. The van der Waals surface area contributed by atoms with Crippen LogP contribution in [0.1, 0.15) is 16.7 Å². The van der Waals surface area contributed by atoms with Crippen LogP contribution in [0.2, 0.25) is 0 Å². The quantitative estimate of drug-likeness (QED) is 0.945. The summed E-state index contributed by atoms with van der Waals surface area (Å²) < 4.78 is 27.6. The molecule has 3 nitrogen and oxygen atoms in total. The van der Waals surface area contributed by atoms with Crippen LogP contribution in [-0.2, 0) is 24.2 Å². The maximum absolute atomic E-state index is 13.9. The Balaban J connectivity index is 1.73. The molecular weight excluding hydrogens is 298 g/mol. The largest absolute Gasteiger partial charge is 0.337 e. The highest BCUT2D eigenvalue weighted by atomic mass is 19.1. The van der Waals surface area contributed by atoms with Crippen LogP contribution >= 0.6 is 0 Å². The van der Waals surface area contributed by atoms with E-state index in [1.54, 1.807) is 0 Å². The predicted octanol–water partition coefficient (Wildman–Crippen LogP) is 2.42. The van der Waals surface area contributed by atoms with Gasteiger partial charge in [0.1, 0.15) is 11.6 Å². The van der Waals surface area contributed by atoms with Gasteiger partial charge in [0.15, 0.2) is 0 Å². The molecule has 120 valence electrons. The molecule has 0 spiro atoms. The minimum atomic E-state index is -0.685. The Kier molecular flexibility index (Phi) is 4.39. The normalized spacial score (nSPS) is 15.2. The van der Waals surface area contributed by atoms with E-state index in [2.05, 4.69) is 0 Å². The average Bonchev–Trinajstić information content (AvgIpc) is 2.58. The maximum Gasteiger partial charge on any atom is 0.240 e. The van der Waals surface area contributed by atoms with Crippen molar-refractivity contribution in [1.82, 2.24) is 4.90 Å². The average molecular weight is 316 g/mol. The highest BCUT2D eigenvalue weighted by molar-refractivity contribution is 5.82. The molecule has 0 aliphatic carbocycles. The second kappa shape index (κ2) is 6.46. The fourth-order valence-electron chi connectivity index (χ4n) is 2.97. The van der Waals surface area contributed by atoms with Crippen molar-refractivity contribution < 1.29 is 13.6 Å². The molecule has 2 aromatic rings. The molecule has 0 radical (unpaired) electrons. The molecule has 0 fully saturated rings. The lowest BCUT2D eigenvalue weighted by atomic mass is 9.97. The van der Waals surface area contributed by atoms with Crippen molar-refractivity contribution in [1.29, 1.82) is 0 Å². The summed E-state index contributed by atoms with van der Waals surface area (Å²) in [5.74, 6) is -1.12. The molecule has 0 saturated carbocycles. The number of nitrogens with two attached hydrogens (primary N) is 1. The molecule has 1 aliphatic rings. The Bertz CT molecular complexity index is 718. The van der Waals surface area contributed by atoms with E-state index in [0.717, 1.165) is 17.7 Å². The smallest absolute Gasteiger partial charge is 0.240 e. The van der Waals surface area contributed by atoms with Crippen molar-refractivity contribution in [3.05, 3.63) is 70.8 Å². The van der Waals surface area contributed by atoms with Gasteiger partial charge in [-0.1, -0.05) is 30.3 Å².